The second-order valence-electron chi connectivity index (χ2n) is 4.85. The van der Waals surface area contributed by atoms with Gasteiger partial charge in [-0.05, 0) is 31.2 Å². The van der Waals surface area contributed by atoms with Gasteiger partial charge in [-0.15, -0.1) is 11.8 Å². The van der Waals surface area contributed by atoms with Crippen molar-refractivity contribution in [2.75, 3.05) is 12.4 Å². The van der Waals surface area contributed by atoms with Crippen LogP contribution in [0.15, 0.2) is 47.4 Å². The minimum absolute atomic E-state index is 0.121. The average molecular weight is 367 g/mol. The molecule has 0 spiro atoms. The maximum Gasteiger partial charge on any atom is 0.271 e. The molecule has 0 bridgehead atoms. The van der Waals surface area contributed by atoms with Crippen molar-refractivity contribution in [2.24, 2.45) is 0 Å². The zero-order valence-electron chi connectivity index (χ0n) is 13.0. The summed E-state index contributed by atoms with van der Waals surface area (Å²) in [7, 11) is 1.58. The molecule has 1 unspecified atom stereocenters. The van der Waals surface area contributed by atoms with Gasteiger partial charge in [0.1, 0.15) is 5.75 Å². The van der Waals surface area contributed by atoms with E-state index in [1.807, 2.05) is 24.3 Å². The van der Waals surface area contributed by atoms with Crippen LogP contribution >= 0.6 is 23.4 Å². The van der Waals surface area contributed by atoms with E-state index in [0.29, 0.717) is 11.4 Å². The van der Waals surface area contributed by atoms with Gasteiger partial charge in [-0.3, -0.25) is 14.9 Å². The first-order chi connectivity index (χ1) is 11.4. The lowest BCUT2D eigenvalue weighted by Crippen LogP contribution is -2.22. The topological polar surface area (TPSA) is 81.5 Å². The molecule has 0 aliphatic rings. The summed E-state index contributed by atoms with van der Waals surface area (Å²) in [5, 5.41) is 13.1. The van der Waals surface area contributed by atoms with Crippen LogP contribution in [0.3, 0.4) is 0 Å². The van der Waals surface area contributed by atoms with Gasteiger partial charge in [0.15, 0.2) is 0 Å². The summed E-state index contributed by atoms with van der Waals surface area (Å²) >= 11 is 7.35. The van der Waals surface area contributed by atoms with Crippen molar-refractivity contribution in [1.82, 2.24) is 0 Å². The van der Waals surface area contributed by atoms with Gasteiger partial charge < -0.3 is 10.1 Å². The van der Waals surface area contributed by atoms with E-state index in [0.717, 1.165) is 4.90 Å². The van der Waals surface area contributed by atoms with Crippen molar-refractivity contribution < 1.29 is 14.5 Å². The smallest absolute Gasteiger partial charge is 0.271 e. The number of non-ortho nitro benzene ring substituents is 1. The van der Waals surface area contributed by atoms with Crippen LogP contribution in [-0.2, 0) is 4.79 Å². The van der Waals surface area contributed by atoms with Gasteiger partial charge >= 0.3 is 0 Å². The first kappa shape index (κ1) is 18.1. The number of ether oxygens (including phenoxy) is 1. The van der Waals surface area contributed by atoms with Crippen LogP contribution in [0.1, 0.15) is 6.92 Å². The minimum atomic E-state index is -0.543. The molecule has 8 heteroatoms. The number of benzene rings is 2. The molecule has 0 aliphatic heterocycles. The number of hydrogen-bond acceptors (Lipinski definition) is 5. The summed E-state index contributed by atoms with van der Waals surface area (Å²) in [6, 6.07) is 11.3. The molecule has 2 aromatic carbocycles. The summed E-state index contributed by atoms with van der Waals surface area (Å²) in [5.74, 6) is 0.463. The molecular weight excluding hydrogens is 352 g/mol. The van der Waals surface area contributed by atoms with Crippen LogP contribution in [0.4, 0.5) is 11.4 Å². The van der Waals surface area contributed by atoms with Gasteiger partial charge in [-0.1, -0.05) is 17.7 Å². The lowest BCUT2D eigenvalue weighted by Gasteiger charge is -2.13. The average Bonchev–Trinajstić information content (AvgIpc) is 2.56. The summed E-state index contributed by atoms with van der Waals surface area (Å²) in [5.41, 5.74) is 0.210. The fourth-order valence-corrected chi connectivity index (χ4v) is 3.02. The van der Waals surface area contributed by atoms with E-state index < -0.39 is 4.92 Å². The third kappa shape index (κ3) is 4.62. The highest BCUT2D eigenvalue weighted by molar-refractivity contribution is 8.00. The molecule has 0 aromatic heterocycles. The number of nitro benzene ring substituents is 1. The Morgan fingerprint density at radius 2 is 2.08 bits per heavy atom. The molecule has 126 valence electrons. The van der Waals surface area contributed by atoms with Crippen molar-refractivity contribution in [1.29, 1.82) is 0 Å². The number of halogens is 1. The van der Waals surface area contributed by atoms with Crippen molar-refractivity contribution in [2.45, 2.75) is 17.1 Å². The summed E-state index contributed by atoms with van der Waals surface area (Å²) in [6.45, 7) is 1.76. The molecule has 2 aromatic rings. The fraction of sp³-hybridized carbons (Fsp3) is 0.188. The lowest BCUT2D eigenvalue weighted by molar-refractivity contribution is -0.384. The zero-order valence-corrected chi connectivity index (χ0v) is 14.6. The number of nitrogens with zero attached hydrogens (tertiary/aromatic N) is 1. The number of nitro groups is 1. The van der Waals surface area contributed by atoms with Crippen LogP contribution in [0, 0.1) is 10.1 Å². The Morgan fingerprint density at radius 1 is 1.33 bits per heavy atom. The predicted molar refractivity (Wildman–Crippen MR) is 95.0 cm³/mol. The van der Waals surface area contributed by atoms with E-state index in [9.17, 15) is 14.9 Å². The van der Waals surface area contributed by atoms with E-state index in [4.69, 9.17) is 16.3 Å². The van der Waals surface area contributed by atoms with Crippen molar-refractivity contribution in [3.05, 3.63) is 57.6 Å². The van der Waals surface area contributed by atoms with Gasteiger partial charge in [-0.2, -0.15) is 0 Å². The number of carbonyl (C=O) groups excluding carboxylic acids is 1. The number of nitrogens with one attached hydrogen (secondary N) is 1. The second-order valence-corrected chi connectivity index (χ2v) is 6.67. The van der Waals surface area contributed by atoms with E-state index in [1.165, 1.54) is 30.0 Å². The van der Waals surface area contributed by atoms with E-state index in [1.54, 1.807) is 14.0 Å². The Kier molecular flexibility index (Phi) is 6.05. The van der Waals surface area contributed by atoms with Crippen LogP contribution in [0.5, 0.6) is 5.75 Å². The SMILES string of the molecule is COc1cccc(SC(C)C(=O)Nc2ccc([N+](=O)[O-])cc2Cl)c1. The molecular formula is C16H15ClN2O4S. The van der Waals surface area contributed by atoms with Gasteiger partial charge in [0, 0.05) is 17.0 Å². The van der Waals surface area contributed by atoms with Crippen LogP contribution in [0.25, 0.3) is 0 Å². The molecule has 6 nitrogen and oxygen atoms in total. The van der Waals surface area contributed by atoms with Crippen LogP contribution in [-0.4, -0.2) is 23.2 Å². The number of rotatable bonds is 6. The Bertz CT molecular complexity index is 769. The molecule has 0 heterocycles. The van der Waals surface area contributed by atoms with Gasteiger partial charge in [0.05, 0.1) is 28.0 Å². The van der Waals surface area contributed by atoms with E-state index in [2.05, 4.69) is 5.32 Å². The standard InChI is InChI=1S/C16H15ClN2O4S/c1-10(24-13-5-3-4-12(9-13)23-2)16(20)18-15-7-6-11(19(21)22)8-14(15)17/h3-10H,1-2H3,(H,18,20). The Morgan fingerprint density at radius 3 is 2.71 bits per heavy atom. The molecule has 0 aliphatic carbocycles. The highest BCUT2D eigenvalue weighted by atomic mass is 35.5. The minimum Gasteiger partial charge on any atom is -0.497 e. The number of anilines is 1. The molecule has 0 radical (unpaired) electrons. The Balaban J connectivity index is 2.04. The van der Waals surface area contributed by atoms with Gasteiger partial charge in [0.2, 0.25) is 5.91 Å². The predicted octanol–water partition coefficient (Wildman–Crippen LogP) is 4.38. The van der Waals surface area contributed by atoms with Crippen LogP contribution < -0.4 is 10.1 Å². The molecule has 0 saturated heterocycles. The molecule has 0 saturated carbocycles. The van der Waals surface area contributed by atoms with Crippen LogP contribution in [0.2, 0.25) is 5.02 Å². The number of thioether (sulfide) groups is 1. The third-order valence-corrected chi connectivity index (χ3v) is 4.55. The lowest BCUT2D eigenvalue weighted by atomic mass is 10.2. The van der Waals surface area contributed by atoms with E-state index >= 15 is 0 Å². The first-order valence-electron chi connectivity index (χ1n) is 6.96. The highest BCUT2D eigenvalue weighted by Gasteiger charge is 2.17. The summed E-state index contributed by atoms with van der Waals surface area (Å²) in [6.07, 6.45) is 0. The monoisotopic (exact) mass is 366 g/mol. The molecule has 0 fully saturated rings. The number of methoxy groups -OCH3 is 1. The van der Waals surface area contributed by atoms with Crippen molar-refractivity contribution >= 4 is 40.6 Å². The Hall–Kier alpha value is -2.25. The summed E-state index contributed by atoms with van der Waals surface area (Å²) in [4.78, 5) is 23.3. The number of amides is 1. The fourth-order valence-electron chi connectivity index (χ4n) is 1.89. The van der Waals surface area contributed by atoms with Gasteiger partial charge in [0.25, 0.3) is 5.69 Å². The van der Waals surface area contributed by atoms with E-state index in [-0.39, 0.29) is 21.9 Å². The first-order valence-corrected chi connectivity index (χ1v) is 8.22. The largest absolute Gasteiger partial charge is 0.497 e. The quantitative estimate of drug-likeness (QED) is 0.466. The third-order valence-electron chi connectivity index (χ3n) is 3.14. The second kappa shape index (κ2) is 8.03. The number of carbonyl (C=O) groups is 1. The molecule has 24 heavy (non-hydrogen) atoms. The molecule has 1 amide bonds. The van der Waals surface area contributed by atoms with Crippen molar-refractivity contribution in [3.63, 3.8) is 0 Å². The molecule has 1 N–H and O–H groups in total. The maximum absolute atomic E-state index is 12.3. The molecule has 1 atom stereocenters. The normalized spacial score (nSPS) is 11.6. The number of hydrogen-bond donors (Lipinski definition) is 1. The Labute approximate surface area is 148 Å². The summed E-state index contributed by atoms with van der Waals surface area (Å²) < 4.78 is 5.15. The van der Waals surface area contributed by atoms with Crippen molar-refractivity contribution in [3.8, 4) is 5.75 Å². The van der Waals surface area contributed by atoms with Gasteiger partial charge in [-0.25, -0.2) is 0 Å². The maximum atomic E-state index is 12.3. The highest BCUT2D eigenvalue weighted by Crippen LogP contribution is 2.30. The zero-order chi connectivity index (χ0) is 17.7. The molecule has 2 rings (SSSR count).